The Hall–Kier alpha value is -1.09. The van der Waals surface area contributed by atoms with Crippen molar-refractivity contribution in [3.63, 3.8) is 0 Å². The number of carbonyl (C=O) groups is 1. The highest BCUT2D eigenvalue weighted by molar-refractivity contribution is 6.76. The first-order chi connectivity index (χ1) is 9.69. The Bertz CT molecular complexity index is 486. The van der Waals surface area contributed by atoms with Gasteiger partial charge < -0.3 is 4.90 Å². The molecule has 0 aromatic heterocycles. The summed E-state index contributed by atoms with van der Waals surface area (Å²) >= 11 is 0. The van der Waals surface area contributed by atoms with Crippen LogP contribution in [-0.4, -0.2) is 32.0 Å². The second-order valence-corrected chi connectivity index (χ2v) is 12.7. The normalized spacial score (nSPS) is 13.1. The Morgan fingerprint density at radius 3 is 2.24 bits per heavy atom. The Morgan fingerprint density at radius 1 is 1.19 bits per heavy atom. The SMILES string of the molecule is CCN(CC)C(=O)c1ccc(C)c(C(C)C[Si](C)(C)C)c1. The van der Waals surface area contributed by atoms with Gasteiger partial charge in [0.25, 0.3) is 5.91 Å². The maximum atomic E-state index is 12.5. The van der Waals surface area contributed by atoms with Crippen molar-refractivity contribution in [2.24, 2.45) is 0 Å². The third kappa shape index (κ3) is 4.99. The quantitative estimate of drug-likeness (QED) is 0.683. The van der Waals surface area contributed by atoms with Crippen LogP contribution in [0, 0.1) is 6.92 Å². The first kappa shape index (κ1) is 18.0. The number of amides is 1. The molecule has 0 fully saturated rings. The topological polar surface area (TPSA) is 20.3 Å². The van der Waals surface area contributed by atoms with Gasteiger partial charge in [-0.25, -0.2) is 0 Å². The van der Waals surface area contributed by atoms with Crippen molar-refractivity contribution in [2.45, 2.75) is 59.3 Å². The maximum absolute atomic E-state index is 12.5. The molecule has 0 N–H and O–H groups in total. The van der Waals surface area contributed by atoms with E-state index in [1.807, 2.05) is 24.8 Å². The van der Waals surface area contributed by atoms with E-state index in [-0.39, 0.29) is 5.91 Å². The number of hydrogen-bond acceptors (Lipinski definition) is 1. The Balaban J connectivity index is 3.07. The lowest BCUT2D eigenvalue weighted by Crippen LogP contribution is -2.30. The number of nitrogens with zero attached hydrogens (tertiary/aromatic N) is 1. The molecule has 1 aromatic rings. The van der Waals surface area contributed by atoms with Crippen molar-refractivity contribution >= 4 is 14.0 Å². The molecule has 0 spiro atoms. The highest BCUT2D eigenvalue weighted by Gasteiger charge is 2.21. The largest absolute Gasteiger partial charge is 0.339 e. The zero-order valence-electron chi connectivity index (χ0n) is 14.8. The van der Waals surface area contributed by atoms with Gasteiger partial charge in [-0.1, -0.05) is 38.7 Å². The van der Waals surface area contributed by atoms with Crippen LogP contribution >= 0.6 is 0 Å². The molecule has 1 atom stereocenters. The summed E-state index contributed by atoms with van der Waals surface area (Å²) in [5.74, 6) is 0.683. The predicted octanol–water partition coefficient (Wildman–Crippen LogP) is 4.92. The summed E-state index contributed by atoms with van der Waals surface area (Å²) < 4.78 is 0. The smallest absolute Gasteiger partial charge is 0.253 e. The van der Waals surface area contributed by atoms with Crippen LogP contribution in [0.1, 0.15) is 48.2 Å². The lowest BCUT2D eigenvalue weighted by molar-refractivity contribution is 0.0773. The number of benzene rings is 1. The minimum absolute atomic E-state index is 0.154. The van der Waals surface area contributed by atoms with E-state index in [1.54, 1.807) is 0 Å². The van der Waals surface area contributed by atoms with E-state index >= 15 is 0 Å². The van der Waals surface area contributed by atoms with E-state index in [4.69, 9.17) is 0 Å². The van der Waals surface area contributed by atoms with E-state index in [2.05, 4.69) is 45.6 Å². The zero-order chi connectivity index (χ0) is 16.2. The molecule has 0 heterocycles. The highest BCUT2D eigenvalue weighted by Crippen LogP contribution is 2.29. The molecule has 21 heavy (non-hydrogen) atoms. The second-order valence-electron chi connectivity index (χ2n) is 7.21. The van der Waals surface area contributed by atoms with Gasteiger partial charge in [-0.2, -0.15) is 0 Å². The molecule has 118 valence electrons. The van der Waals surface area contributed by atoms with Crippen LogP contribution in [0.4, 0.5) is 0 Å². The van der Waals surface area contributed by atoms with Crippen LogP contribution in [0.15, 0.2) is 18.2 Å². The summed E-state index contributed by atoms with van der Waals surface area (Å²) in [6, 6.07) is 7.46. The molecule has 0 saturated heterocycles. The van der Waals surface area contributed by atoms with Crippen molar-refractivity contribution < 1.29 is 4.79 Å². The van der Waals surface area contributed by atoms with Crippen molar-refractivity contribution in [1.82, 2.24) is 4.90 Å². The highest BCUT2D eigenvalue weighted by atomic mass is 28.3. The van der Waals surface area contributed by atoms with E-state index in [1.165, 1.54) is 17.2 Å². The molecule has 0 saturated carbocycles. The van der Waals surface area contributed by atoms with Crippen LogP contribution in [0.25, 0.3) is 0 Å². The molecule has 0 radical (unpaired) electrons. The molecule has 2 nitrogen and oxygen atoms in total. The second kappa shape index (κ2) is 7.26. The van der Waals surface area contributed by atoms with E-state index in [9.17, 15) is 4.79 Å². The maximum Gasteiger partial charge on any atom is 0.253 e. The van der Waals surface area contributed by atoms with Crippen LogP contribution in [-0.2, 0) is 0 Å². The lowest BCUT2D eigenvalue weighted by Gasteiger charge is -2.24. The van der Waals surface area contributed by atoms with Crippen LogP contribution in [0.2, 0.25) is 25.7 Å². The Kier molecular flexibility index (Phi) is 6.20. The first-order valence-electron chi connectivity index (χ1n) is 8.09. The molecular weight excluding hydrogens is 274 g/mol. The summed E-state index contributed by atoms with van der Waals surface area (Å²) in [5.41, 5.74) is 3.48. The molecule has 0 aliphatic rings. The lowest BCUT2D eigenvalue weighted by atomic mass is 9.95. The van der Waals surface area contributed by atoms with Gasteiger partial charge >= 0.3 is 0 Å². The Morgan fingerprint density at radius 2 is 1.76 bits per heavy atom. The van der Waals surface area contributed by atoms with Crippen LogP contribution in [0.3, 0.4) is 0 Å². The molecule has 0 aliphatic carbocycles. The zero-order valence-corrected chi connectivity index (χ0v) is 15.8. The Labute approximate surface area is 131 Å². The summed E-state index contributed by atoms with van der Waals surface area (Å²) in [6.07, 6.45) is 0. The first-order valence-corrected chi connectivity index (χ1v) is 11.8. The van der Waals surface area contributed by atoms with Crippen molar-refractivity contribution in [2.75, 3.05) is 13.1 Å². The van der Waals surface area contributed by atoms with Gasteiger partial charge in [0, 0.05) is 26.7 Å². The van der Waals surface area contributed by atoms with E-state index in [0.29, 0.717) is 5.92 Å². The summed E-state index contributed by atoms with van der Waals surface area (Å²) in [4.78, 5) is 14.4. The molecule has 1 amide bonds. The minimum atomic E-state index is -1.10. The molecule has 0 bridgehead atoms. The average Bonchev–Trinajstić information content (AvgIpc) is 2.38. The van der Waals surface area contributed by atoms with E-state index in [0.717, 1.165) is 18.7 Å². The molecule has 1 aromatic carbocycles. The standard InChI is InChI=1S/C18H31NOSi/c1-8-19(9-2)18(20)16-11-10-14(3)17(12-16)15(4)13-21(5,6)7/h10-12,15H,8-9,13H2,1-7H3. The average molecular weight is 306 g/mol. The predicted molar refractivity (Wildman–Crippen MR) is 95.0 cm³/mol. The van der Waals surface area contributed by atoms with Crippen LogP contribution in [0.5, 0.6) is 0 Å². The molecular formula is C18H31NOSi. The summed E-state index contributed by atoms with van der Waals surface area (Å²) in [6.45, 7) is 17.3. The third-order valence-corrected chi connectivity index (χ3v) is 5.86. The monoisotopic (exact) mass is 305 g/mol. The van der Waals surface area contributed by atoms with Gasteiger partial charge in [-0.15, -0.1) is 0 Å². The minimum Gasteiger partial charge on any atom is -0.339 e. The summed E-state index contributed by atoms with van der Waals surface area (Å²) in [5, 5.41) is 0. The fourth-order valence-electron chi connectivity index (χ4n) is 3.03. The van der Waals surface area contributed by atoms with Gasteiger partial charge in [-0.05, 0) is 49.9 Å². The van der Waals surface area contributed by atoms with Crippen molar-refractivity contribution in [3.05, 3.63) is 34.9 Å². The van der Waals surface area contributed by atoms with Gasteiger partial charge in [0.1, 0.15) is 0 Å². The fraction of sp³-hybridized carbons (Fsp3) is 0.611. The van der Waals surface area contributed by atoms with Crippen molar-refractivity contribution in [3.8, 4) is 0 Å². The molecule has 1 unspecified atom stereocenters. The van der Waals surface area contributed by atoms with Gasteiger partial charge in [-0.3, -0.25) is 4.79 Å². The summed E-state index contributed by atoms with van der Waals surface area (Å²) in [7, 11) is -1.10. The fourth-order valence-corrected chi connectivity index (χ4v) is 5.08. The van der Waals surface area contributed by atoms with E-state index < -0.39 is 8.07 Å². The number of rotatable bonds is 6. The van der Waals surface area contributed by atoms with Gasteiger partial charge in [0.05, 0.1) is 0 Å². The molecule has 0 aliphatic heterocycles. The number of hydrogen-bond donors (Lipinski definition) is 0. The van der Waals surface area contributed by atoms with Crippen LogP contribution < -0.4 is 0 Å². The molecule has 3 heteroatoms. The van der Waals surface area contributed by atoms with Gasteiger partial charge in [0.2, 0.25) is 0 Å². The molecule has 1 rings (SSSR count). The number of aryl methyl sites for hydroxylation is 1. The van der Waals surface area contributed by atoms with Crippen molar-refractivity contribution in [1.29, 1.82) is 0 Å². The van der Waals surface area contributed by atoms with Gasteiger partial charge in [0.15, 0.2) is 0 Å². The number of carbonyl (C=O) groups excluding carboxylic acids is 1. The third-order valence-electron chi connectivity index (χ3n) is 4.03.